The SMILES string of the molecule is CCC(CC)(NC(=O)COc1ccccc1Cl)C(=O)O. The molecule has 2 N–H and O–H groups in total. The molecule has 0 bridgehead atoms. The van der Waals surface area contributed by atoms with Gasteiger partial charge in [0.2, 0.25) is 0 Å². The fourth-order valence-corrected chi connectivity index (χ4v) is 1.98. The first kappa shape index (κ1) is 16.3. The minimum absolute atomic E-state index is 0.279. The number of hydrogen-bond donors (Lipinski definition) is 2. The first-order chi connectivity index (χ1) is 9.45. The molecular weight excluding hydrogens is 282 g/mol. The molecule has 1 aromatic carbocycles. The van der Waals surface area contributed by atoms with Gasteiger partial charge in [0, 0.05) is 0 Å². The van der Waals surface area contributed by atoms with E-state index in [1.54, 1.807) is 38.1 Å². The molecule has 5 nitrogen and oxygen atoms in total. The van der Waals surface area contributed by atoms with Crippen molar-refractivity contribution < 1.29 is 19.4 Å². The number of halogens is 1. The van der Waals surface area contributed by atoms with Crippen molar-refractivity contribution in [2.45, 2.75) is 32.2 Å². The van der Waals surface area contributed by atoms with E-state index in [-0.39, 0.29) is 6.61 Å². The van der Waals surface area contributed by atoms with Crippen LogP contribution in [0.25, 0.3) is 0 Å². The highest BCUT2D eigenvalue weighted by molar-refractivity contribution is 6.32. The van der Waals surface area contributed by atoms with Gasteiger partial charge in [-0.1, -0.05) is 37.6 Å². The van der Waals surface area contributed by atoms with Crippen LogP contribution in [-0.4, -0.2) is 29.1 Å². The number of carboxylic acids is 1. The molecule has 0 aliphatic heterocycles. The number of carbonyl (C=O) groups is 2. The number of para-hydroxylation sites is 1. The Morgan fingerprint density at radius 3 is 2.40 bits per heavy atom. The molecule has 0 saturated heterocycles. The molecule has 0 aliphatic rings. The predicted molar refractivity (Wildman–Crippen MR) is 76.0 cm³/mol. The van der Waals surface area contributed by atoms with Crippen LogP contribution in [0.15, 0.2) is 24.3 Å². The van der Waals surface area contributed by atoms with Crippen molar-refractivity contribution in [2.75, 3.05) is 6.61 Å². The highest BCUT2D eigenvalue weighted by Gasteiger charge is 2.36. The quantitative estimate of drug-likeness (QED) is 0.811. The summed E-state index contributed by atoms with van der Waals surface area (Å²) in [5.74, 6) is -1.15. The lowest BCUT2D eigenvalue weighted by Gasteiger charge is -2.27. The third-order valence-electron chi connectivity index (χ3n) is 3.19. The van der Waals surface area contributed by atoms with Gasteiger partial charge in [-0.15, -0.1) is 0 Å². The lowest BCUT2D eigenvalue weighted by Crippen LogP contribution is -2.54. The zero-order valence-electron chi connectivity index (χ0n) is 11.5. The summed E-state index contributed by atoms with van der Waals surface area (Å²) in [7, 11) is 0. The maximum Gasteiger partial charge on any atom is 0.329 e. The molecule has 0 unspecified atom stereocenters. The van der Waals surface area contributed by atoms with Gasteiger partial charge < -0.3 is 15.2 Å². The van der Waals surface area contributed by atoms with Crippen LogP contribution in [-0.2, 0) is 9.59 Å². The fourth-order valence-electron chi connectivity index (χ4n) is 1.79. The average molecular weight is 300 g/mol. The zero-order valence-corrected chi connectivity index (χ0v) is 12.2. The van der Waals surface area contributed by atoms with Gasteiger partial charge in [-0.2, -0.15) is 0 Å². The number of benzene rings is 1. The minimum Gasteiger partial charge on any atom is -0.482 e. The van der Waals surface area contributed by atoms with Crippen molar-refractivity contribution in [3.63, 3.8) is 0 Å². The Kier molecular flexibility index (Phi) is 5.82. The first-order valence-corrected chi connectivity index (χ1v) is 6.74. The summed E-state index contributed by atoms with van der Waals surface area (Å²) < 4.78 is 5.28. The standard InChI is InChI=1S/C14H18ClNO4/c1-3-14(4-2,13(18)19)16-12(17)9-20-11-8-6-5-7-10(11)15/h5-8H,3-4,9H2,1-2H3,(H,16,17)(H,18,19). The second-order valence-corrected chi connectivity index (χ2v) is 4.77. The summed E-state index contributed by atoms with van der Waals surface area (Å²) in [5.41, 5.74) is -1.25. The molecule has 20 heavy (non-hydrogen) atoms. The molecule has 0 spiro atoms. The van der Waals surface area contributed by atoms with Crippen molar-refractivity contribution in [3.8, 4) is 5.75 Å². The average Bonchev–Trinajstić information content (AvgIpc) is 2.43. The van der Waals surface area contributed by atoms with E-state index in [0.29, 0.717) is 23.6 Å². The molecular formula is C14H18ClNO4. The van der Waals surface area contributed by atoms with E-state index in [1.165, 1.54) is 0 Å². The Morgan fingerprint density at radius 1 is 1.30 bits per heavy atom. The van der Waals surface area contributed by atoms with E-state index in [4.69, 9.17) is 16.3 Å². The monoisotopic (exact) mass is 299 g/mol. The van der Waals surface area contributed by atoms with Crippen LogP contribution in [0, 0.1) is 0 Å². The second kappa shape index (κ2) is 7.14. The van der Waals surface area contributed by atoms with Crippen molar-refractivity contribution >= 4 is 23.5 Å². The molecule has 6 heteroatoms. The van der Waals surface area contributed by atoms with Gasteiger partial charge in [-0.25, -0.2) is 4.79 Å². The summed E-state index contributed by atoms with van der Waals surface area (Å²) in [5, 5.41) is 12.1. The third kappa shape index (κ3) is 3.87. The summed E-state index contributed by atoms with van der Waals surface area (Å²) in [4.78, 5) is 23.1. The number of hydrogen-bond acceptors (Lipinski definition) is 3. The van der Waals surface area contributed by atoms with Crippen LogP contribution in [0.3, 0.4) is 0 Å². The van der Waals surface area contributed by atoms with Gasteiger partial charge in [0.05, 0.1) is 5.02 Å². The summed E-state index contributed by atoms with van der Waals surface area (Å²) >= 11 is 5.89. The second-order valence-electron chi connectivity index (χ2n) is 4.36. The van der Waals surface area contributed by atoms with E-state index in [9.17, 15) is 14.7 Å². The number of rotatable bonds is 7. The third-order valence-corrected chi connectivity index (χ3v) is 3.50. The van der Waals surface area contributed by atoms with Crippen LogP contribution >= 0.6 is 11.6 Å². The molecule has 1 rings (SSSR count). The van der Waals surface area contributed by atoms with Crippen LogP contribution in [0.2, 0.25) is 5.02 Å². The first-order valence-electron chi connectivity index (χ1n) is 6.37. The van der Waals surface area contributed by atoms with E-state index < -0.39 is 17.4 Å². The highest BCUT2D eigenvalue weighted by atomic mass is 35.5. The number of aliphatic carboxylic acids is 1. The number of amides is 1. The molecule has 0 aromatic heterocycles. The van der Waals surface area contributed by atoms with Gasteiger partial charge >= 0.3 is 5.97 Å². The molecule has 0 atom stereocenters. The Bertz CT molecular complexity index is 486. The van der Waals surface area contributed by atoms with Crippen molar-refractivity contribution in [1.82, 2.24) is 5.32 Å². The number of carbonyl (C=O) groups excluding carboxylic acids is 1. The van der Waals surface area contributed by atoms with Gasteiger partial charge in [0.15, 0.2) is 6.61 Å². The molecule has 0 fully saturated rings. The maximum atomic E-state index is 11.8. The zero-order chi connectivity index (χ0) is 15.2. The van der Waals surface area contributed by atoms with Crippen LogP contribution in [0.1, 0.15) is 26.7 Å². The Hall–Kier alpha value is -1.75. The molecule has 0 radical (unpaired) electrons. The topological polar surface area (TPSA) is 75.6 Å². The van der Waals surface area contributed by atoms with E-state index in [1.807, 2.05) is 0 Å². The minimum atomic E-state index is -1.25. The van der Waals surface area contributed by atoms with Crippen molar-refractivity contribution in [3.05, 3.63) is 29.3 Å². The fraction of sp³-hybridized carbons (Fsp3) is 0.429. The Labute approximate surface area is 122 Å². The molecule has 0 saturated carbocycles. The van der Waals surface area contributed by atoms with Gasteiger partial charge in [-0.3, -0.25) is 4.79 Å². The normalized spacial score (nSPS) is 10.9. The lowest BCUT2D eigenvalue weighted by atomic mass is 9.93. The Balaban J connectivity index is 2.64. The number of ether oxygens (including phenoxy) is 1. The molecule has 0 heterocycles. The predicted octanol–water partition coefficient (Wildman–Crippen LogP) is 2.48. The van der Waals surface area contributed by atoms with Crippen LogP contribution < -0.4 is 10.1 Å². The van der Waals surface area contributed by atoms with Crippen LogP contribution in [0.4, 0.5) is 0 Å². The van der Waals surface area contributed by atoms with Gasteiger partial charge in [-0.05, 0) is 25.0 Å². The van der Waals surface area contributed by atoms with Crippen molar-refractivity contribution in [1.29, 1.82) is 0 Å². The molecule has 1 amide bonds. The van der Waals surface area contributed by atoms with E-state index >= 15 is 0 Å². The lowest BCUT2D eigenvalue weighted by molar-refractivity contribution is -0.148. The van der Waals surface area contributed by atoms with Crippen molar-refractivity contribution in [2.24, 2.45) is 0 Å². The van der Waals surface area contributed by atoms with Gasteiger partial charge in [0.25, 0.3) is 5.91 Å². The summed E-state index contributed by atoms with van der Waals surface area (Å²) in [6, 6.07) is 6.77. The van der Waals surface area contributed by atoms with E-state index in [0.717, 1.165) is 0 Å². The molecule has 110 valence electrons. The summed E-state index contributed by atoms with van der Waals surface area (Å²) in [6.07, 6.45) is 0.604. The smallest absolute Gasteiger partial charge is 0.329 e. The van der Waals surface area contributed by atoms with Crippen LogP contribution in [0.5, 0.6) is 5.75 Å². The molecule has 1 aromatic rings. The number of carboxylic acid groups (broad SMARTS) is 1. The summed E-state index contributed by atoms with van der Waals surface area (Å²) in [6.45, 7) is 3.15. The number of nitrogens with one attached hydrogen (secondary N) is 1. The van der Waals surface area contributed by atoms with Gasteiger partial charge in [0.1, 0.15) is 11.3 Å². The largest absolute Gasteiger partial charge is 0.482 e. The Morgan fingerprint density at radius 2 is 1.90 bits per heavy atom. The highest BCUT2D eigenvalue weighted by Crippen LogP contribution is 2.23. The maximum absolute atomic E-state index is 11.8. The molecule has 0 aliphatic carbocycles. The van der Waals surface area contributed by atoms with E-state index in [2.05, 4.69) is 5.32 Å².